The molecule has 0 saturated heterocycles. The topological polar surface area (TPSA) is 105 Å². The van der Waals surface area contributed by atoms with Crippen molar-refractivity contribution in [3.8, 4) is 17.2 Å². The van der Waals surface area contributed by atoms with Gasteiger partial charge in [-0.3, -0.25) is 13.9 Å². The first-order valence-electron chi connectivity index (χ1n) is 14.9. The minimum absolute atomic E-state index is 0.0482. The van der Waals surface area contributed by atoms with Crippen molar-refractivity contribution in [2.45, 2.75) is 45.3 Å². The molecule has 4 aromatic carbocycles. The number of hydrogen-bond donors (Lipinski definition) is 1. The van der Waals surface area contributed by atoms with Gasteiger partial charge in [-0.15, -0.1) is 0 Å². The second kappa shape index (κ2) is 15.0. The third-order valence-electron chi connectivity index (χ3n) is 7.04. The quantitative estimate of drug-likeness (QED) is 0.197. The Morgan fingerprint density at radius 2 is 1.35 bits per heavy atom. The summed E-state index contributed by atoms with van der Waals surface area (Å²) in [4.78, 5) is 29.7. The minimum Gasteiger partial charge on any atom is -0.497 e. The molecule has 10 heteroatoms. The van der Waals surface area contributed by atoms with Crippen LogP contribution in [0.1, 0.15) is 31.9 Å². The Balaban J connectivity index is 1.70. The first kappa shape index (κ1) is 34.1. The number of carbonyl (C=O) groups is 2. The molecule has 0 spiro atoms. The monoisotopic (exact) mass is 643 g/mol. The molecule has 0 bridgehead atoms. The molecule has 0 aliphatic carbocycles. The van der Waals surface area contributed by atoms with Crippen LogP contribution in [0.15, 0.2) is 109 Å². The average molecular weight is 644 g/mol. The third-order valence-corrected chi connectivity index (χ3v) is 8.18. The second-order valence-corrected chi connectivity index (χ2v) is 13.9. The molecule has 0 unspecified atom stereocenters. The van der Waals surface area contributed by atoms with Crippen LogP contribution >= 0.6 is 0 Å². The number of anilines is 1. The van der Waals surface area contributed by atoms with Gasteiger partial charge in [-0.25, -0.2) is 8.42 Å². The molecule has 0 aromatic heterocycles. The predicted octanol–water partition coefficient (Wildman–Crippen LogP) is 5.81. The van der Waals surface area contributed by atoms with Crippen molar-refractivity contribution >= 4 is 27.5 Å². The molecular formula is C36H41N3O6S. The van der Waals surface area contributed by atoms with Crippen LogP contribution in [0.3, 0.4) is 0 Å². The van der Waals surface area contributed by atoms with Gasteiger partial charge in [0.05, 0.1) is 19.1 Å². The fourth-order valence-electron chi connectivity index (χ4n) is 4.89. The first-order chi connectivity index (χ1) is 21.8. The van der Waals surface area contributed by atoms with Gasteiger partial charge < -0.3 is 19.7 Å². The Morgan fingerprint density at radius 1 is 0.783 bits per heavy atom. The van der Waals surface area contributed by atoms with Crippen molar-refractivity contribution in [3.05, 3.63) is 120 Å². The molecule has 4 aromatic rings. The number of methoxy groups -OCH3 is 1. The molecule has 0 aliphatic rings. The Bertz CT molecular complexity index is 1710. The molecule has 0 heterocycles. The molecule has 46 heavy (non-hydrogen) atoms. The summed E-state index contributed by atoms with van der Waals surface area (Å²) in [6.45, 7) is 5.14. The zero-order valence-corrected chi connectivity index (χ0v) is 27.7. The van der Waals surface area contributed by atoms with E-state index in [1.807, 2.05) is 87.5 Å². The molecule has 0 fully saturated rings. The van der Waals surface area contributed by atoms with Gasteiger partial charge in [-0.1, -0.05) is 60.7 Å². The maximum atomic E-state index is 14.3. The molecule has 1 N–H and O–H groups in total. The number of rotatable bonds is 13. The van der Waals surface area contributed by atoms with Crippen LogP contribution < -0.4 is 19.1 Å². The summed E-state index contributed by atoms with van der Waals surface area (Å²) in [6, 6.07) is 31.4. The molecule has 0 saturated carbocycles. The lowest BCUT2D eigenvalue weighted by molar-refractivity contribution is -0.140. The number of sulfonamides is 1. The lowest BCUT2D eigenvalue weighted by Gasteiger charge is -2.35. The summed E-state index contributed by atoms with van der Waals surface area (Å²) in [6.07, 6.45) is 1.28. The lowest BCUT2D eigenvalue weighted by atomic mass is 10.0. The van der Waals surface area contributed by atoms with Crippen molar-refractivity contribution < 1.29 is 27.5 Å². The second-order valence-electron chi connectivity index (χ2n) is 12.0. The highest BCUT2D eigenvalue weighted by Gasteiger charge is 2.34. The Labute approximate surface area is 271 Å². The highest BCUT2D eigenvalue weighted by Crippen LogP contribution is 2.26. The highest BCUT2D eigenvalue weighted by molar-refractivity contribution is 7.92. The van der Waals surface area contributed by atoms with Crippen LogP contribution in [0.2, 0.25) is 0 Å². The summed E-state index contributed by atoms with van der Waals surface area (Å²) < 4.78 is 38.5. The van der Waals surface area contributed by atoms with Gasteiger partial charge in [0.2, 0.25) is 21.8 Å². The summed E-state index contributed by atoms with van der Waals surface area (Å²) in [7, 11) is -2.36. The van der Waals surface area contributed by atoms with Gasteiger partial charge in [-0.2, -0.15) is 0 Å². The van der Waals surface area contributed by atoms with Crippen LogP contribution in [0.5, 0.6) is 17.2 Å². The van der Waals surface area contributed by atoms with Crippen molar-refractivity contribution in [1.82, 2.24) is 10.2 Å². The number of amides is 2. The SMILES string of the molecule is COc1cccc(CN(C(=O)CN(c2ccc(Oc3ccccc3)cc2)S(C)(=O)=O)[C@H](Cc2ccccc2)C(=O)NC(C)(C)C)c1. The zero-order chi connectivity index (χ0) is 33.3. The van der Waals surface area contributed by atoms with Crippen molar-refractivity contribution in [3.63, 3.8) is 0 Å². The number of hydrogen-bond acceptors (Lipinski definition) is 6. The van der Waals surface area contributed by atoms with E-state index in [-0.39, 0.29) is 24.6 Å². The fourth-order valence-corrected chi connectivity index (χ4v) is 5.74. The summed E-state index contributed by atoms with van der Waals surface area (Å²) >= 11 is 0. The third kappa shape index (κ3) is 9.84. The van der Waals surface area contributed by atoms with E-state index in [1.165, 1.54) is 4.90 Å². The number of carbonyl (C=O) groups excluding carboxylic acids is 2. The van der Waals surface area contributed by atoms with Gasteiger partial charge in [-0.05, 0) is 80.4 Å². The summed E-state index contributed by atoms with van der Waals surface area (Å²) in [5.41, 5.74) is 1.30. The van der Waals surface area contributed by atoms with Crippen LogP contribution in [-0.2, 0) is 32.6 Å². The maximum absolute atomic E-state index is 14.3. The lowest BCUT2D eigenvalue weighted by Crippen LogP contribution is -2.56. The predicted molar refractivity (Wildman–Crippen MR) is 181 cm³/mol. The molecule has 242 valence electrons. The van der Waals surface area contributed by atoms with E-state index in [0.717, 1.165) is 21.7 Å². The molecule has 0 aliphatic heterocycles. The van der Waals surface area contributed by atoms with Crippen LogP contribution in [0, 0.1) is 0 Å². The van der Waals surface area contributed by atoms with Crippen molar-refractivity contribution in [2.24, 2.45) is 0 Å². The van der Waals surface area contributed by atoms with E-state index in [2.05, 4.69) is 5.32 Å². The standard InChI is InChI=1S/C36H41N3O6S/c1-36(2,3)37-35(41)33(24-27-13-8-6-9-14-27)38(25-28-15-12-18-32(23-28)44-4)34(40)26-39(46(5,42)43)29-19-21-31(22-20-29)45-30-16-10-7-11-17-30/h6-23,33H,24-26H2,1-5H3,(H,37,41)/t33-/m1/s1. The maximum Gasteiger partial charge on any atom is 0.244 e. The van der Waals surface area contributed by atoms with Gasteiger partial charge in [0.1, 0.15) is 29.8 Å². The van der Waals surface area contributed by atoms with Crippen molar-refractivity contribution in [2.75, 3.05) is 24.2 Å². The van der Waals surface area contributed by atoms with E-state index in [4.69, 9.17) is 9.47 Å². The Hall–Kier alpha value is -4.83. The van der Waals surface area contributed by atoms with Gasteiger partial charge in [0.15, 0.2) is 0 Å². The summed E-state index contributed by atoms with van der Waals surface area (Å²) in [5, 5.41) is 3.02. The highest BCUT2D eigenvalue weighted by atomic mass is 32.2. The van der Waals surface area contributed by atoms with E-state index >= 15 is 0 Å². The fraction of sp³-hybridized carbons (Fsp3) is 0.278. The molecule has 4 rings (SSSR count). The van der Waals surface area contributed by atoms with E-state index in [9.17, 15) is 18.0 Å². The van der Waals surface area contributed by atoms with E-state index in [0.29, 0.717) is 17.2 Å². The average Bonchev–Trinajstić information content (AvgIpc) is 3.01. The van der Waals surface area contributed by atoms with Crippen LogP contribution in [-0.4, -0.2) is 56.6 Å². The number of nitrogens with one attached hydrogen (secondary N) is 1. The molecule has 0 radical (unpaired) electrons. The Kier molecular flexibility index (Phi) is 11.1. The van der Waals surface area contributed by atoms with E-state index in [1.54, 1.807) is 49.6 Å². The van der Waals surface area contributed by atoms with Crippen LogP contribution in [0.4, 0.5) is 5.69 Å². The van der Waals surface area contributed by atoms with Gasteiger partial charge in [0, 0.05) is 18.5 Å². The molecular weight excluding hydrogens is 602 g/mol. The van der Waals surface area contributed by atoms with Crippen molar-refractivity contribution in [1.29, 1.82) is 0 Å². The number of ether oxygens (including phenoxy) is 2. The Morgan fingerprint density at radius 3 is 1.93 bits per heavy atom. The van der Waals surface area contributed by atoms with Crippen LogP contribution in [0.25, 0.3) is 0 Å². The number of para-hydroxylation sites is 1. The molecule has 2 amide bonds. The van der Waals surface area contributed by atoms with E-state index < -0.39 is 34.1 Å². The zero-order valence-electron chi connectivity index (χ0n) is 26.8. The first-order valence-corrected chi connectivity index (χ1v) is 16.8. The number of benzene rings is 4. The molecule has 9 nitrogen and oxygen atoms in total. The van der Waals surface area contributed by atoms with Gasteiger partial charge in [0.25, 0.3) is 0 Å². The molecule has 1 atom stereocenters. The largest absolute Gasteiger partial charge is 0.497 e. The normalized spacial score (nSPS) is 12.1. The summed E-state index contributed by atoms with van der Waals surface area (Å²) in [5.74, 6) is 0.857. The van der Waals surface area contributed by atoms with Gasteiger partial charge >= 0.3 is 0 Å². The smallest absolute Gasteiger partial charge is 0.244 e. The number of nitrogens with zero attached hydrogens (tertiary/aromatic N) is 2. The minimum atomic E-state index is -3.91.